The average molecular weight is 199 g/mol. The lowest BCUT2D eigenvalue weighted by atomic mass is 10.5. The molecule has 2 rings (SSSR count). The van der Waals surface area contributed by atoms with Crippen LogP contribution in [0.2, 0.25) is 0 Å². The number of rotatable bonds is 1. The first-order valence-corrected chi connectivity index (χ1v) is 4.73. The van der Waals surface area contributed by atoms with E-state index in [4.69, 9.17) is 0 Å². The Morgan fingerprint density at radius 3 is 3.08 bits per heavy atom. The van der Waals surface area contributed by atoms with Crippen LogP contribution in [-0.4, -0.2) is 31.4 Å². The first kappa shape index (κ1) is 8.17. The predicted molar refractivity (Wildman–Crippen MR) is 43.6 cm³/mol. The maximum Gasteiger partial charge on any atom is 0.358 e. The van der Waals surface area contributed by atoms with Gasteiger partial charge in [0.05, 0.1) is 0 Å². The first-order chi connectivity index (χ1) is 6.22. The van der Waals surface area contributed by atoms with E-state index < -0.39 is 0 Å². The van der Waals surface area contributed by atoms with Crippen LogP contribution in [0.15, 0.2) is 9.95 Å². The summed E-state index contributed by atoms with van der Waals surface area (Å²) in [5.41, 5.74) is 0.0871. The quantitative estimate of drug-likeness (QED) is 0.443. The Morgan fingerprint density at radius 2 is 2.38 bits per heavy atom. The van der Waals surface area contributed by atoms with E-state index >= 15 is 0 Å². The Bertz CT molecular complexity index is 501. The number of aromatic nitrogens is 6. The van der Waals surface area contributed by atoms with Crippen molar-refractivity contribution in [2.24, 2.45) is 0 Å². The number of nitrogens with zero attached hydrogens (tertiary/aromatic N) is 5. The molecule has 68 valence electrons. The van der Waals surface area contributed by atoms with Gasteiger partial charge in [0, 0.05) is 21.4 Å². The molecular weight excluding hydrogens is 192 g/mol. The number of fused-ring (bicyclic) bond motifs is 1. The van der Waals surface area contributed by atoms with Crippen LogP contribution in [0.25, 0.3) is 0 Å². The molecule has 2 heterocycles. The lowest BCUT2D eigenvalue weighted by molar-refractivity contribution is -0.745. The third-order valence-electron chi connectivity index (χ3n) is 1.52. The van der Waals surface area contributed by atoms with Gasteiger partial charge in [0.1, 0.15) is 0 Å². The fraction of sp³-hybridized carbons (Fsp3) is 0.400. The van der Waals surface area contributed by atoms with E-state index in [0.717, 1.165) is 4.63 Å². The molecule has 2 aromatic heterocycles. The first-order valence-electron chi connectivity index (χ1n) is 3.51. The van der Waals surface area contributed by atoms with Gasteiger partial charge in [-0.25, -0.2) is 0 Å². The van der Waals surface area contributed by atoms with Gasteiger partial charge >= 0.3 is 10.7 Å². The van der Waals surface area contributed by atoms with Gasteiger partial charge in [-0.3, -0.25) is 4.79 Å². The summed E-state index contributed by atoms with van der Waals surface area (Å²) in [5, 5.41) is 14.7. The Kier molecular flexibility index (Phi) is 1.76. The predicted octanol–water partition coefficient (Wildman–Crippen LogP) is -1.57. The van der Waals surface area contributed by atoms with Crippen molar-refractivity contribution in [3.63, 3.8) is 0 Å². The summed E-state index contributed by atoms with van der Waals surface area (Å²) < 4.78 is 2.33. The smallest absolute Gasteiger partial charge is 0.259 e. The monoisotopic (exact) mass is 199 g/mol. The highest BCUT2D eigenvalue weighted by atomic mass is 32.2. The van der Waals surface area contributed by atoms with Crippen LogP contribution in [0.3, 0.4) is 0 Å². The van der Waals surface area contributed by atoms with Crippen molar-refractivity contribution in [2.45, 2.75) is 12.1 Å². The highest BCUT2D eigenvalue weighted by molar-refractivity contribution is 7.98. The Balaban J connectivity index is 2.84. The highest BCUT2D eigenvalue weighted by Gasteiger charge is 2.14. The van der Waals surface area contributed by atoms with Gasteiger partial charge in [0.2, 0.25) is 5.69 Å². The highest BCUT2D eigenvalue weighted by Crippen LogP contribution is 2.01. The fourth-order valence-electron chi connectivity index (χ4n) is 0.857. The molecule has 0 aliphatic carbocycles. The van der Waals surface area contributed by atoms with Crippen LogP contribution in [0.5, 0.6) is 0 Å². The lowest BCUT2D eigenvalue weighted by Crippen LogP contribution is -2.45. The maximum atomic E-state index is 11.4. The minimum Gasteiger partial charge on any atom is -0.259 e. The minimum absolute atomic E-state index is 0.272. The molecule has 0 saturated heterocycles. The van der Waals surface area contributed by atoms with E-state index in [9.17, 15) is 4.79 Å². The molecule has 0 aliphatic rings. The second-order valence-electron chi connectivity index (χ2n) is 2.37. The van der Waals surface area contributed by atoms with Gasteiger partial charge in [-0.05, 0) is 16.5 Å². The normalized spacial score (nSPS) is 10.9. The SMILES string of the molecule is CSc1nn2c(=O)c(C)n[nH][n+]2n1. The molecule has 0 atom stereocenters. The van der Waals surface area contributed by atoms with Crippen LogP contribution in [0.1, 0.15) is 5.69 Å². The standard InChI is InChI=1S/C5H6N6OS/c1-3-4(12)10-7-5(13-2)8-11(10)9-6-3/h1-2H3/p+1. The third kappa shape index (κ3) is 1.18. The molecule has 0 unspecified atom stereocenters. The number of hydrogen-bond acceptors (Lipinski definition) is 5. The van der Waals surface area contributed by atoms with Gasteiger partial charge in [-0.15, -0.1) is 0 Å². The molecule has 0 spiro atoms. The molecule has 0 radical (unpaired) electrons. The summed E-state index contributed by atoms with van der Waals surface area (Å²) in [6.07, 6.45) is 1.83. The zero-order chi connectivity index (χ0) is 9.42. The van der Waals surface area contributed by atoms with Crippen molar-refractivity contribution < 1.29 is 4.74 Å². The average Bonchev–Trinajstić information content (AvgIpc) is 2.55. The van der Waals surface area contributed by atoms with Crippen LogP contribution >= 0.6 is 11.8 Å². The number of aryl methyl sites for hydroxylation is 1. The van der Waals surface area contributed by atoms with Gasteiger partial charge < -0.3 is 0 Å². The molecule has 0 saturated carbocycles. The second-order valence-corrected chi connectivity index (χ2v) is 3.14. The summed E-state index contributed by atoms with van der Waals surface area (Å²) >= 11 is 1.36. The van der Waals surface area contributed by atoms with E-state index in [0.29, 0.717) is 10.9 Å². The second kappa shape index (κ2) is 2.80. The van der Waals surface area contributed by atoms with Crippen LogP contribution < -0.4 is 10.3 Å². The van der Waals surface area contributed by atoms with Crippen molar-refractivity contribution in [1.82, 2.24) is 25.1 Å². The molecule has 7 nitrogen and oxygen atoms in total. The van der Waals surface area contributed by atoms with Crippen LogP contribution in [0.4, 0.5) is 0 Å². The van der Waals surface area contributed by atoms with Gasteiger partial charge in [0.25, 0.3) is 0 Å². The fourth-order valence-corrected chi connectivity index (χ4v) is 1.17. The minimum atomic E-state index is -0.272. The largest absolute Gasteiger partial charge is 0.358 e. The molecule has 0 bridgehead atoms. The van der Waals surface area contributed by atoms with Crippen LogP contribution in [0, 0.1) is 6.92 Å². The molecule has 13 heavy (non-hydrogen) atoms. The topological polar surface area (TPSA) is 80.0 Å². The zero-order valence-corrected chi connectivity index (χ0v) is 7.87. The van der Waals surface area contributed by atoms with E-state index in [-0.39, 0.29) is 5.56 Å². The summed E-state index contributed by atoms with van der Waals surface area (Å²) in [6, 6.07) is 0. The molecule has 0 aromatic carbocycles. The Labute approximate surface area is 76.7 Å². The molecule has 8 heteroatoms. The number of tetrazole rings is 1. The van der Waals surface area contributed by atoms with Crippen molar-refractivity contribution in [3.8, 4) is 0 Å². The van der Waals surface area contributed by atoms with Crippen LogP contribution in [-0.2, 0) is 0 Å². The summed E-state index contributed by atoms with van der Waals surface area (Å²) in [7, 11) is 0. The van der Waals surface area contributed by atoms with Crippen molar-refractivity contribution >= 4 is 11.8 Å². The van der Waals surface area contributed by atoms with Crippen molar-refractivity contribution in [1.29, 1.82) is 0 Å². The number of nitrogens with one attached hydrogen (secondary N) is 1. The van der Waals surface area contributed by atoms with Crippen molar-refractivity contribution in [2.75, 3.05) is 6.26 Å². The molecule has 0 aliphatic heterocycles. The maximum absolute atomic E-state index is 11.4. The Morgan fingerprint density at radius 1 is 1.62 bits per heavy atom. The van der Waals surface area contributed by atoms with E-state index in [2.05, 4.69) is 20.5 Å². The Hall–Kier alpha value is -1.44. The molecule has 2 aromatic rings. The van der Waals surface area contributed by atoms with E-state index in [1.807, 2.05) is 6.26 Å². The van der Waals surface area contributed by atoms with Gasteiger partial charge in [0.15, 0.2) is 0 Å². The molecule has 1 N–H and O–H groups in total. The van der Waals surface area contributed by atoms with E-state index in [1.165, 1.54) is 16.5 Å². The van der Waals surface area contributed by atoms with Crippen molar-refractivity contribution in [3.05, 3.63) is 16.0 Å². The molecule has 0 amide bonds. The van der Waals surface area contributed by atoms with E-state index in [1.54, 1.807) is 6.92 Å². The molecular formula is C5H7N6OS+. The summed E-state index contributed by atoms with van der Waals surface area (Å²) in [5.74, 6) is 0. The number of aromatic amines is 1. The number of H-pyrrole nitrogens is 1. The number of hydrogen-bond donors (Lipinski definition) is 1. The molecule has 0 fully saturated rings. The van der Waals surface area contributed by atoms with Gasteiger partial charge in [-0.2, -0.15) is 0 Å². The lowest BCUT2D eigenvalue weighted by Gasteiger charge is -1.82. The summed E-state index contributed by atoms with van der Waals surface area (Å²) in [4.78, 5) is 11.4. The van der Waals surface area contributed by atoms with Gasteiger partial charge in [-0.1, -0.05) is 17.0 Å². The number of thioether (sulfide) groups is 1. The third-order valence-corrected chi connectivity index (χ3v) is 2.05. The zero-order valence-electron chi connectivity index (χ0n) is 7.05. The summed E-state index contributed by atoms with van der Waals surface area (Å²) in [6.45, 7) is 1.61.